The lowest BCUT2D eigenvalue weighted by Crippen LogP contribution is -2.58. The van der Waals surface area contributed by atoms with Crippen LogP contribution in [-0.4, -0.2) is 56.3 Å². The van der Waals surface area contributed by atoms with Crippen molar-refractivity contribution >= 4 is 34.4 Å². The number of carbonyl (C=O) groups is 1. The Morgan fingerprint density at radius 2 is 1.76 bits per heavy atom. The van der Waals surface area contributed by atoms with Crippen LogP contribution in [0.2, 0.25) is 0 Å². The van der Waals surface area contributed by atoms with Crippen molar-refractivity contribution in [2.45, 2.75) is 50.0 Å². The minimum absolute atomic E-state index is 0.0645. The lowest BCUT2D eigenvalue weighted by atomic mass is 9.96. The molecule has 2 aliphatic heterocycles. The standard InChI is InChI=1S/C27H26F4N4O2S.C5H4FN/c1-4-21(36)35-15(2)13-33(14-16(35)3)25-19-12-20(27(29,30)31)22(17-6-8-18(28)9-7-17)24-23(19)34(26(37)32-25)10-5-11-38-24;6-5-2-1-3-7-4-5/h4,6-9,12,15-16H,1,5,10-11,13-14H2,2-3H3;1-4H. The Morgan fingerprint density at radius 1 is 1.07 bits per heavy atom. The maximum absolute atomic E-state index is 14.6. The Labute approximate surface area is 260 Å². The number of thioether (sulfide) groups is 1. The number of rotatable bonds is 3. The second kappa shape index (κ2) is 13.0. The fraction of sp³-hybridized carbons (Fsp3) is 0.312. The number of alkyl halides is 3. The van der Waals surface area contributed by atoms with E-state index in [0.717, 1.165) is 18.2 Å². The molecule has 45 heavy (non-hydrogen) atoms. The van der Waals surface area contributed by atoms with E-state index >= 15 is 0 Å². The molecule has 2 aliphatic rings. The zero-order valence-electron chi connectivity index (χ0n) is 24.5. The molecule has 4 aromatic rings. The summed E-state index contributed by atoms with van der Waals surface area (Å²) in [6.45, 7) is 8.15. The van der Waals surface area contributed by atoms with E-state index in [1.54, 1.807) is 15.9 Å². The number of amides is 1. The lowest BCUT2D eigenvalue weighted by Gasteiger charge is -2.44. The van der Waals surface area contributed by atoms with E-state index in [0.29, 0.717) is 42.2 Å². The maximum atomic E-state index is 14.6. The van der Waals surface area contributed by atoms with E-state index in [9.17, 15) is 31.5 Å². The van der Waals surface area contributed by atoms with E-state index in [1.807, 2.05) is 13.8 Å². The Kier molecular flexibility index (Phi) is 9.28. The van der Waals surface area contributed by atoms with Crippen LogP contribution in [0, 0.1) is 11.6 Å². The molecule has 2 aromatic heterocycles. The van der Waals surface area contributed by atoms with E-state index in [-0.39, 0.29) is 46.1 Å². The second-order valence-corrected chi connectivity index (χ2v) is 11.9. The number of aryl methyl sites for hydroxylation is 1. The Bertz CT molecular complexity index is 1770. The van der Waals surface area contributed by atoms with Gasteiger partial charge in [-0.3, -0.25) is 14.3 Å². The van der Waals surface area contributed by atoms with Crippen molar-refractivity contribution in [3.05, 3.63) is 95.2 Å². The smallest absolute Gasteiger partial charge is 0.352 e. The van der Waals surface area contributed by atoms with Gasteiger partial charge in [0.15, 0.2) is 0 Å². The van der Waals surface area contributed by atoms with Crippen molar-refractivity contribution in [1.29, 1.82) is 0 Å². The summed E-state index contributed by atoms with van der Waals surface area (Å²) < 4.78 is 70.7. The average molecular weight is 644 g/mol. The van der Waals surface area contributed by atoms with Crippen LogP contribution < -0.4 is 10.6 Å². The Morgan fingerprint density at radius 3 is 2.31 bits per heavy atom. The van der Waals surface area contributed by atoms with E-state index in [2.05, 4.69) is 16.5 Å². The van der Waals surface area contributed by atoms with Crippen LogP contribution >= 0.6 is 11.8 Å². The summed E-state index contributed by atoms with van der Waals surface area (Å²) in [7, 11) is 0. The molecule has 0 bridgehead atoms. The number of carbonyl (C=O) groups excluding carboxylic acids is 1. The molecule has 0 saturated carbocycles. The van der Waals surface area contributed by atoms with Crippen molar-refractivity contribution in [1.82, 2.24) is 19.4 Å². The topological polar surface area (TPSA) is 71.3 Å². The minimum atomic E-state index is -4.71. The first-order valence-corrected chi connectivity index (χ1v) is 15.2. The van der Waals surface area contributed by atoms with Crippen molar-refractivity contribution in [2.24, 2.45) is 0 Å². The first kappa shape index (κ1) is 32.1. The summed E-state index contributed by atoms with van der Waals surface area (Å²) in [5.74, 6) is -0.390. The van der Waals surface area contributed by atoms with Gasteiger partial charge >= 0.3 is 11.9 Å². The molecule has 236 valence electrons. The number of halogens is 5. The molecule has 2 unspecified atom stereocenters. The highest BCUT2D eigenvalue weighted by atomic mass is 32.2. The maximum Gasteiger partial charge on any atom is 0.417 e. The number of benzene rings is 2. The van der Waals surface area contributed by atoms with Gasteiger partial charge in [0, 0.05) is 53.8 Å². The predicted octanol–water partition coefficient (Wildman–Crippen LogP) is 6.55. The van der Waals surface area contributed by atoms with Crippen molar-refractivity contribution in [3.63, 3.8) is 0 Å². The van der Waals surface area contributed by atoms with Crippen LogP contribution in [0.15, 0.2) is 77.2 Å². The van der Waals surface area contributed by atoms with Crippen LogP contribution in [0.1, 0.15) is 25.8 Å². The minimum Gasteiger partial charge on any atom is -0.352 e. The molecule has 2 aromatic carbocycles. The SMILES string of the molecule is C=CC(=O)N1C(C)CN(c2nc(=O)n3c4c(c(-c5ccc(F)cc5)c(C(F)(F)F)cc24)SCCC3)CC1C.Fc1cccnc1. The van der Waals surface area contributed by atoms with Gasteiger partial charge in [0.25, 0.3) is 0 Å². The number of nitrogens with zero attached hydrogens (tertiary/aromatic N) is 5. The lowest BCUT2D eigenvalue weighted by molar-refractivity contribution is -0.137. The van der Waals surface area contributed by atoms with Crippen LogP contribution in [0.5, 0.6) is 0 Å². The van der Waals surface area contributed by atoms with Crippen molar-refractivity contribution < 1.29 is 26.7 Å². The molecule has 2 atom stereocenters. The highest BCUT2D eigenvalue weighted by Crippen LogP contribution is 2.48. The summed E-state index contributed by atoms with van der Waals surface area (Å²) in [5.41, 5.74) is -0.840. The van der Waals surface area contributed by atoms with Gasteiger partial charge in [0.05, 0.1) is 17.3 Å². The summed E-state index contributed by atoms with van der Waals surface area (Å²) >= 11 is 1.27. The van der Waals surface area contributed by atoms with Crippen LogP contribution in [0.25, 0.3) is 22.0 Å². The monoisotopic (exact) mass is 643 g/mol. The fourth-order valence-electron chi connectivity index (χ4n) is 5.88. The largest absolute Gasteiger partial charge is 0.417 e. The van der Waals surface area contributed by atoms with E-state index < -0.39 is 23.2 Å². The van der Waals surface area contributed by atoms with Gasteiger partial charge in [0.2, 0.25) is 5.91 Å². The molecular weight excluding hydrogens is 613 g/mol. The zero-order chi connectivity index (χ0) is 32.5. The third-order valence-electron chi connectivity index (χ3n) is 7.68. The molecule has 1 fully saturated rings. The molecule has 0 spiro atoms. The highest BCUT2D eigenvalue weighted by molar-refractivity contribution is 7.99. The summed E-state index contributed by atoms with van der Waals surface area (Å²) in [5, 5.41) is 0.232. The predicted molar refractivity (Wildman–Crippen MR) is 164 cm³/mol. The quantitative estimate of drug-likeness (QED) is 0.186. The van der Waals surface area contributed by atoms with Gasteiger partial charge in [-0.15, -0.1) is 11.8 Å². The Balaban J connectivity index is 0.000000505. The molecule has 13 heteroatoms. The first-order chi connectivity index (χ1) is 21.4. The molecular formula is C32H30F5N5O2S. The molecule has 1 saturated heterocycles. The molecule has 0 N–H and O–H groups in total. The molecule has 4 heterocycles. The molecule has 0 aliphatic carbocycles. The second-order valence-electron chi connectivity index (χ2n) is 10.8. The number of piperazine rings is 1. The summed E-state index contributed by atoms with van der Waals surface area (Å²) in [4.78, 5) is 37.3. The van der Waals surface area contributed by atoms with Crippen LogP contribution in [0.3, 0.4) is 0 Å². The molecule has 6 rings (SSSR count). The van der Waals surface area contributed by atoms with Crippen molar-refractivity contribution in [3.8, 4) is 11.1 Å². The van der Waals surface area contributed by atoms with Gasteiger partial charge < -0.3 is 9.80 Å². The molecule has 1 amide bonds. The molecule has 0 radical (unpaired) electrons. The van der Waals surface area contributed by atoms with Gasteiger partial charge in [-0.05, 0) is 68.0 Å². The van der Waals surface area contributed by atoms with Crippen LogP contribution in [-0.2, 0) is 17.5 Å². The number of hydrogen-bond donors (Lipinski definition) is 0. The highest BCUT2D eigenvalue weighted by Gasteiger charge is 2.39. The van der Waals surface area contributed by atoms with Gasteiger partial charge in [-0.2, -0.15) is 18.2 Å². The number of pyridine rings is 1. The number of aromatic nitrogens is 3. The average Bonchev–Trinajstić information content (AvgIpc) is 3.23. The normalized spacial score (nSPS) is 18.2. The van der Waals surface area contributed by atoms with Gasteiger partial charge in [-0.25, -0.2) is 13.6 Å². The van der Waals surface area contributed by atoms with Crippen LogP contribution in [0.4, 0.5) is 27.8 Å². The summed E-state index contributed by atoms with van der Waals surface area (Å²) in [6.07, 6.45) is -0.197. The third-order valence-corrected chi connectivity index (χ3v) is 8.86. The number of hydrogen-bond acceptors (Lipinski definition) is 6. The summed E-state index contributed by atoms with van der Waals surface area (Å²) in [6, 6.07) is 8.33. The van der Waals surface area contributed by atoms with Gasteiger partial charge in [0.1, 0.15) is 17.5 Å². The van der Waals surface area contributed by atoms with E-state index in [1.165, 1.54) is 53.0 Å². The third kappa shape index (κ3) is 6.58. The fourth-order valence-corrected chi connectivity index (χ4v) is 7.09. The number of anilines is 1. The first-order valence-electron chi connectivity index (χ1n) is 14.2. The van der Waals surface area contributed by atoms with E-state index in [4.69, 9.17) is 0 Å². The van der Waals surface area contributed by atoms with Crippen molar-refractivity contribution in [2.75, 3.05) is 23.7 Å². The zero-order valence-corrected chi connectivity index (χ0v) is 25.3. The molecule has 7 nitrogen and oxygen atoms in total. The van der Waals surface area contributed by atoms with Gasteiger partial charge in [-0.1, -0.05) is 18.7 Å². The Hall–Kier alpha value is -4.26.